The highest BCUT2D eigenvalue weighted by Crippen LogP contribution is 2.28. The number of amides is 1. The first kappa shape index (κ1) is 15.9. The lowest BCUT2D eigenvalue weighted by molar-refractivity contribution is -0.146. The Morgan fingerprint density at radius 2 is 2.15 bits per heavy atom. The van der Waals surface area contributed by atoms with Gasteiger partial charge in [-0.15, -0.1) is 0 Å². The SMILES string of the molecule is C=C(/C=C(F)\C(OC)=C(/C)F)[C@@H]1CNC(=O)[C@H]1C(=O)O. The van der Waals surface area contributed by atoms with Gasteiger partial charge in [-0.3, -0.25) is 9.59 Å². The molecule has 1 heterocycles. The Morgan fingerprint density at radius 1 is 1.55 bits per heavy atom. The Kier molecular flexibility index (Phi) is 5.01. The van der Waals surface area contributed by atoms with Gasteiger partial charge >= 0.3 is 5.97 Å². The van der Waals surface area contributed by atoms with Crippen molar-refractivity contribution in [1.29, 1.82) is 0 Å². The third kappa shape index (κ3) is 3.23. The summed E-state index contributed by atoms with van der Waals surface area (Å²) in [5.41, 5.74) is 0.0732. The Labute approximate surface area is 114 Å². The van der Waals surface area contributed by atoms with Crippen molar-refractivity contribution in [3.8, 4) is 0 Å². The maximum atomic E-state index is 13.8. The molecule has 2 atom stereocenters. The summed E-state index contributed by atoms with van der Waals surface area (Å²) in [5.74, 6) is -6.54. The van der Waals surface area contributed by atoms with Gasteiger partial charge in [-0.2, -0.15) is 0 Å². The molecule has 7 heteroatoms. The number of carbonyl (C=O) groups is 2. The number of hydrogen-bond donors (Lipinski definition) is 2. The Bertz CT molecular complexity index is 507. The van der Waals surface area contributed by atoms with Crippen molar-refractivity contribution in [1.82, 2.24) is 5.32 Å². The fourth-order valence-corrected chi connectivity index (χ4v) is 1.99. The van der Waals surface area contributed by atoms with Crippen LogP contribution in [0.3, 0.4) is 0 Å². The van der Waals surface area contributed by atoms with Crippen LogP contribution in [0.2, 0.25) is 0 Å². The summed E-state index contributed by atoms with van der Waals surface area (Å²) in [6.45, 7) is 4.61. The van der Waals surface area contributed by atoms with E-state index in [4.69, 9.17) is 5.11 Å². The van der Waals surface area contributed by atoms with Crippen LogP contribution in [0, 0.1) is 11.8 Å². The van der Waals surface area contributed by atoms with Crippen LogP contribution in [0.4, 0.5) is 8.78 Å². The lowest BCUT2D eigenvalue weighted by Gasteiger charge is -2.13. The molecule has 2 N–H and O–H groups in total. The molecule has 0 spiro atoms. The topological polar surface area (TPSA) is 75.6 Å². The molecule has 1 aliphatic rings. The Morgan fingerprint density at radius 3 is 2.60 bits per heavy atom. The molecule has 1 aliphatic heterocycles. The first-order chi connectivity index (χ1) is 9.29. The maximum absolute atomic E-state index is 13.8. The quantitative estimate of drug-likeness (QED) is 0.458. The summed E-state index contributed by atoms with van der Waals surface area (Å²) < 4.78 is 31.3. The fourth-order valence-electron chi connectivity index (χ4n) is 1.99. The molecular formula is C13H15F2NO4. The van der Waals surface area contributed by atoms with Crippen molar-refractivity contribution in [2.45, 2.75) is 6.92 Å². The summed E-state index contributed by atoms with van der Waals surface area (Å²) in [4.78, 5) is 22.4. The zero-order valence-electron chi connectivity index (χ0n) is 11.1. The van der Waals surface area contributed by atoms with Gasteiger partial charge in [0.05, 0.1) is 7.11 Å². The summed E-state index contributed by atoms with van der Waals surface area (Å²) >= 11 is 0. The number of nitrogens with one attached hydrogen (secondary N) is 1. The highest BCUT2D eigenvalue weighted by molar-refractivity contribution is 5.99. The highest BCUT2D eigenvalue weighted by atomic mass is 19.1. The normalized spacial score (nSPS) is 24.0. The van der Waals surface area contributed by atoms with Gasteiger partial charge in [0.15, 0.2) is 11.6 Å². The van der Waals surface area contributed by atoms with Crippen LogP contribution in [-0.2, 0) is 14.3 Å². The van der Waals surface area contributed by atoms with Gasteiger partial charge in [0.2, 0.25) is 5.91 Å². The van der Waals surface area contributed by atoms with Gasteiger partial charge in [0, 0.05) is 12.5 Å². The van der Waals surface area contributed by atoms with Crippen molar-refractivity contribution in [2.24, 2.45) is 11.8 Å². The molecule has 1 fully saturated rings. The van der Waals surface area contributed by atoms with Crippen molar-refractivity contribution >= 4 is 11.9 Å². The van der Waals surface area contributed by atoms with E-state index < -0.39 is 41.1 Å². The molecule has 1 rings (SSSR count). The van der Waals surface area contributed by atoms with Crippen LogP contribution in [0.1, 0.15) is 6.92 Å². The average molecular weight is 287 g/mol. The van der Waals surface area contributed by atoms with E-state index in [0.29, 0.717) is 0 Å². The number of hydrogen-bond acceptors (Lipinski definition) is 3. The zero-order valence-corrected chi connectivity index (χ0v) is 11.1. The number of carboxylic acid groups (broad SMARTS) is 1. The number of methoxy groups -OCH3 is 1. The van der Waals surface area contributed by atoms with E-state index in [1.54, 1.807) is 0 Å². The second-order valence-corrected chi connectivity index (χ2v) is 4.30. The number of carbonyl (C=O) groups excluding carboxylic acids is 1. The zero-order chi connectivity index (χ0) is 15.4. The summed E-state index contributed by atoms with van der Waals surface area (Å²) in [5, 5.41) is 11.3. The average Bonchev–Trinajstić information content (AvgIpc) is 2.71. The van der Waals surface area contributed by atoms with Crippen LogP contribution in [0.5, 0.6) is 0 Å². The molecule has 0 bridgehead atoms. The van der Waals surface area contributed by atoms with E-state index in [1.165, 1.54) is 0 Å². The third-order valence-corrected chi connectivity index (χ3v) is 2.97. The van der Waals surface area contributed by atoms with Crippen molar-refractivity contribution in [3.05, 3.63) is 35.6 Å². The molecular weight excluding hydrogens is 272 g/mol. The van der Waals surface area contributed by atoms with E-state index in [2.05, 4.69) is 16.6 Å². The predicted molar refractivity (Wildman–Crippen MR) is 66.8 cm³/mol. The van der Waals surface area contributed by atoms with Gasteiger partial charge in [0.25, 0.3) is 0 Å². The van der Waals surface area contributed by atoms with Crippen LogP contribution < -0.4 is 5.32 Å². The second kappa shape index (κ2) is 6.31. The molecule has 0 aromatic carbocycles. The standard InChI is InChI=1S/C13H15F2NO4/c1-6(4-9(15)11(20-3)7(2)14)8-5-16-12(17)10(8)13(18)19/h4,8,10H,1,5H2,2-3H3,(H,16,17)(H,18,19)/b9-4+,11-7-/t8-,10-/m0/s1. The van der Waals surface area contributed by atoms with E-state index in [-0.39, 0.29) is 12.1 Å². The number of aliphatic carboxylic acids is 1. The molecule has 1 amide bonds. The molecule has 0 aromatic rings. The summed E-state index contributed by atoms with van der Waals surface area (Å²) in [6, 6.07) is 0. The first-order valence-corrected chi connectivity index (χ1v) is 5.76. The fraction of sp³-hybridized carbons (Fsp3) is 0.385. The van der Waals surface area contributed by atoms with Crippen LogP contribution >= 0.6 is 0 Å². The monoisotopic (exact) mass is 287 g/mol. The highest BCUT2D eigenvalue weighted by Gasteiger charge is 2.41. The minimum Gasteiger partial charge on any atom is -0.491 e. The van der Waals surface area contributed by atoms with E-state index in [0.717, 1.165) is 20.1 Å². The molecule has 0 aromatic heterocycles. The van der Waals surface area contributed by atoms with E-state index in [9.17, 15) is 18.4 Å². The summed E-state index contributed by atoms with van der Waals surface area (Å²) in [7, 11) is 1.11. The minimum atomic E-state index is -1.33. The number of allylic oxidation sites excluding steroid dienone is 3. The molecule has 0 unspecified atom stereocenters. The smallest absolute Gasteiger partial charge is 0.316 e. The van der Waals surface area contributed by atoms with E-state index >= 15 is 0 Å². The van der Waals surface area contributed by atoms with Crippen LogP contribution in [0.15, 0.2) is 35.6 Å². The lowest BCUT2D eigenvalue weighted by atomic mass is 9.89. The lowest BCUT2D eigenvalue weighted by Crippen LogP contribution is -2.27. The van der Waals surface area contributed by atoms with Gasteiger partial charge < -0.3 is 15.2 Å². The molecule has 0 saturated carbocycles. The Hall–Kier alpha value is -2.18. The summed E-state index contributed by atoms with van der Waals surface area (Å²) in [6.07, 6.45) is 0.878. The van der Waals surface area contributed by atoms with Gasteiger partial charge in [-0.25, -0.2) is 8.78 Å². The maximum Gasteiger partial charge on any atom is 0.316 e. The number of ether oxygens (including phenoxy) is 1. The predicted octanol–water partition coefficient (Wildman–Crippen LogP) is 1.69. The molecule has 1 saturated heterocycles. The van der Waals surface area contributed by atoms with Gasteiger partial charge in [0.1, 0.15) is 11.7 Å². The second-order valence-electron chi connectivity index (χ2n) is 4.30. The van der Waals surface area contributed by atoms with Crippen LogP contribution in [0.25, 0.3) is 0 Å². The third-order valence-electron chi connectivity index (χ3n) is 2.97. The van der Waals surface area contributed by atoms with Crippen molar-refractivity contribution in [3.63, 3.8) is 0 Å². The molecule has 20 heavy (non-hydrogen) atoms. The number of halogens is 2. The Balaban J connectivity index is 2.99. The van der Waals surface area contributed by atoms with Gasteiger partial charge in [-0.1, -0.05) is 6.58 Å². The van der Waals surface area contributed by atoms with Gasteiger partial charge in [-0.05, 0) is 18.6 Å². The van der Waals surface area contributed by atoms with E-state index in [1.807, 2.05) is 0 Å². The number of rotatable bonds is 5. The molecule has 0 aliphatic carbocycles. The minimum absolute atomic E-state index is 0.0407. The van der Waals surface area contributed by atoms with Crippen LogP contribution in [-0.4, -0.2) is 30.6 Å². The van der Waals surface area contributed by atoms with Crippen molar-refractivity contribution in [2.75, 3.05) is 13.7 Å². The number of carboxylic acids is 1. The van der Waals surface area contributed by atoms with Crippen molar-refractivity contribution < 1.29 is 28.2 Å². The molecule has 110 valence electrons. The first-order valence-electron chi connectivity index (χ1n) is 5.76. The molecule has 5 nitrogen and oxygen atoms in total. The molecule has 0 radical (unpaired) electrons. The largest absolute Gasteiger partial charge is 0.491 e.